The fourth-order valence-corrected chi connectivity index (χ4v) is 7.12. The number of aromatic nitrogens is 2. The summed E-state index contributed by atoms with van der Waals surface area (Å²) in [6.45, 7) is 1.54. The zero-order chi connectivity index (χ0) is 25.0. The minimum atomic E-state index is -4.52. The Labute approximate surface area is 207 Å². The van der Waals surface area contributed by atoms with E-state index in [-0.39, 0.29) is 29.7 Å². The second-order valence-corrected chi connectivity index (χ2v) is 11.1. The number of hydrogen-bond donors (Lipinski definition) is 5. The molecule has 0 aromatic carbocycles. The Morgan fingerprint density at radius 3 is 2.56 bits per heavy atom. The lowest BCUT2D eigenvalue weighted by atomic mass is 9.62. The van der Waals surface area contributed by atoms with Gasteiger partial charge < -0.3 is 0 Å². The van der Waals surface area contributed by atoms with E-state index >= 15 is 0 Å². The van der Waals surface area contributed by atoms with Gasteiger partial charge >= 0.3 is 11.9 Å². The van der Waals surface area contributed by atoms with Crippen molar-refractivity contribution in [1.29, 1.82) is 0 Å². The summed E-state index contributed by atoms with van der Waals surface area (Å²) >= 11 is 0. The van der Waals surface area contributed by atoms with Crippen LogP contribution in [0.1, 0.15) is 50.1 Å². The van der Waals surface area contributed by atoms with Gasteiger partial charge in [0.2, 0.25) is 0 Å². The third-order valence-electron chi connectivity index (χ3n) is 9.07. The molecule has 0 bridgehead atoms. The van der Waals surface area contributed by atoms with Crippen LogP contribution in [0.15, 0.2) is 29.3 Å². The van der Waals surface area contributed by atoms with Crippen LogP contribution in [0.3, 0.4) is 0 Å². The van der Waals surface area contributed by atoms with Crippen molar-refractivity contribution in [2.24, 2.45) is 23.7 Å². The average molecular weight is 509 g/mol. The highest BCUT2D eigenvalue weighted by Gasteiger charge is 2.46. The van der Waals surface area contributed by atoms with Gasteiger partial charge in [0.1, 0.15) is 0 Å². The fraction of sp³-hybridized carbons (Fsp3) is 0.708. The van der Waals surface area contributed by atoms with Crippen LogP contribution in [0.5, 0.6) is 0 Å². The third kappa shape index (κ3) is 4.27. The Morgan fingerprint density at radius 1 is 1.08 bits per heavy atom. The SMILES string of the molecule is CN1CNNC1[C@@H](C1CCC1)C1CC(C2CNNN2)CC(n2cc3c(C(F)(F)F)cccn3c2=O)C1. The normalized spacial score (nSPS) is 33.3. The van der Waals surface area contributed by atoms with Gasteiger partial charge in [-0.25, -0.2) is 26.5 Å². The summed E-state index contributed by atoms with van der Waals surface area (Å²) in [5.74, 6) is 1.65. The first-order valence-electron chi connectivity index (χ1n) is 13.0. The molecule has 2 aliphatic carbocycles. The number of rotatable bonds is 5. The van der Waals surface area contributed by atoms with E-state index in [0.29, 0.717) is 17.8 Å². The van der Waals surface area contributed by atoms with E-state index in [9.17, 15) is 18.0 Å². The van der Waals surface area contributed by atoms with E-state index in [2.05, 4.69) is 39.2 Å². The van der Waals surface area contributed by atoms with Crippen molar-refractivity contribution in [1.82, 2.24) is 41.1 Å². The number of hydrazine groups is 3. The Hall–Kier alpha value is -1.96. The first-order chi connectivity index (χ1) is 17.3. The summed E-state index contributed by atoms with van der Waals surface area (Å²) in [6.07, 6.45) is 4.78. The summed E-state index contributed by atoms with van der Waals surface area (Å²) in [4.78, 5) is 15.7. The second-order valence-electron chi connectivity index (χ2n) is 11.1. The molecule has 0 radical (unpaired) electrons. The average Bonchev–Trinajstić information content (AvgIpc) is 3.56. The lowest BCUT2D eigenvalue weighted by molar-refractivity contribution is -0.136. The highest BCUT2D eigenvalue weighted by Crippen LogP contribution is 2.49. The number of imidazole rings is 1. The van der Waals surface area contributed by atoms with Gasteiger partial charge in [-0.2, -0.15) is 18.7 Å². The summed E-state index contributed by atoms with van der Waals surface area (Å²) in [7, 11) is 2.12. The number of alkyl halides is 3. The molecule has 6 rings (SSSR count). The maximum Gasteiger partial charge on any atom is 0.418 e. The van der Waals surface area contributed by atoms with Crippen LogP contribution in [-0.2, 0) is 6.18 Å². The van der Waals surface area contributed by atoms with E-state index in [0.717, 1.165) is 42.9 Å². The van der Waals surface area contributed by atoms with Crippen molar-refractivity contribution in [3.8, 4) is 0 Å². The van der Waals surface area contributed by atoms with Gasteiger partial charge in [-0.05, 0) is 62.1 Å². The molecule has 2 saturated heterocycles. The van der Waals surface area contributed by atoms with E-state index in [1.165, 1.54) is 37.7 Å². The molecule has 4 fully saturated rings. The van der Waals surface area contributed by atoms with Crippen molar-refractivity contribution in [2.75, 3.05) is 20.3 Å². The minimum Gasteiger partial charge on any atom is -0.295 e. The molecular weight excluding hydrogens is 473 g/mol. The second kappa shape index (κ2) is 9.41. The predicted molar refractivity (Wildman–Crippen MR) is 128 cm³/mol. The van der Waals surface area contributed by atoms with Crippen molar-refractivity contribution >= 4 is 5.52 Å². The van der Waals surface area contributed by atoms with Gasteiger partial charge in [-0.15, -0.1) is 0 Å². The topological polar surface area (TPSA) is 89.8 Å². The zero-order valence-corrected chi connectivity index (χ0v) is 20.4. The fourth-order valence-electron chi connectivity index (χ4n) is 7.12. The van der Waals surface area contributed by atoms with Crippen LogP contribution in [0.25, 0.3) is 5.52 Å². The van der Waals surface area contributed by atoms with Crippen LogP contribution >= 0.6 is 0 Å². The Bertz CT molecular complexity index is 1140. The molecule has 198 valence electrons. The molecule has 2 saturated carbocycles. The molecule has 5 unspecified atom stereocenters. The first-order valence-corrected chi connectivity index (χ1v) is 13.0. The number of fused-ring (bicyclic) bond motifs is 1. The number of halogens is 3. The van der Waals surface area contributed by atoms with Crippen molar-refractivity contribution in [3.05, 3.63) is 40.6 Å². The molecule has 36 heavy (non-hydrogen) atoms. The number of nitrogens with one attached hydrogen (secondary N) is 5. The Balaban J connectivity index is 1.38. The van der Waals surface area contributed by atoms with E-state index in [1.807, 2.05) is 0 Å². The van der Waals surface area contributed by atoms with Crippen LogP contribution in [0.2, 0.25) is 0 Å². The molecule has 12 heteroatoms. The standard InChI is InChI=1S/C24H35F3N8O/c1-33-13-29-31-22(33)21(14-4-2-5-14)16-8-15(19-11-28-32-30-19)9-17(10-16)35-12-20-18(24(25,26)27)6-3-7-34(20)23(35)36/h3,6-7,12,14-17,19,21-22,28-32H,2,4-5,8-11,13H2,1H3/t15?,16?,17?,19?,21-,22?/m0/s1. The largest absolute Gasteiger partial charge is 0.418 e. The number of pyridine rings is 1. The Kier molecular flexibility index (Phi) is 6.37. The molecule has 6 atom stereocenters. The Morgan fingerprint density at radius 2 is 1.92 bits per heavy atom. The molecule has 4 aliphatic rings. The molecule has 2 aliphatic heterocycles. The predicted octanol–water partition coefficient (Wildman–Crippen LogP) is 1.80. The van der Waals surface area contributed by atoms with E-state index < -0.39 is 17.4 Å². The molecule has 0 spiro atoms. The zero-order valence-electron chi connectivity index (χ0n) is 20.4. The van der Waals surface area contributed by atoms with Gasteiger partial charge in [0.15, 0.2) is 0 Å². The summed E-state index contributed by atoms with van der Waals surface area (Å²) in [5.41, 5.74) is 15.0. The summed E-state index contributed by atoms with van der Waals surface area (Å²) in [6, 6.07) is 2.39. The molecule has 9 nitrogen and oxygen atoms in total. The highest BCUT2D eigenvalue weighted by molar-refractivity contribution is 5.55. The third-order valence-corrected chi connectivity index (χ3v) is 9.07. The smallest absolute Gasteiger partial charge is 0.295 e. The lowest BCUT2D eigenvalue weighted by Gasteiger charge is -2.48. The molecule has 4 heterocycles. The maximum absolute atomic E-state index is 13.7. The van der Waals surface area contributed by atoms with Crippen LogP contribution < -0.4 is 32.9 Å². The number of nitrogens with zero attached hydrogens (tertiary/aromatic N) is 3. The number of hydrogen-bond acceptors (Lipinski definition) is 7. The van der Waals surface area contributed by atoms with Crippen molar-refractivity contribution in [3.63, 3.8) is 0 Å². The molecule has 5 N–H and O–H groups in total. The van der Waals surface area contributed by atoms with Crippen molar-refractivity contribution in [2.45, 2.75) is 63.0 Å². The van der Waals surface area contributed by atoms with E-state index in [1.54, 1.807) is 4.57 Å². The minimum absolute atomic E-state index is 0.0760. The van der Waals surface area contributed by atoms with Crippen molar-refractivity contribution < 1.29 is 13.2 Å². The first kappa shape index (κ1) is 24.4. The summed E-state index contributed by atoms with van der Waals surface area (Å²) in [5, 5.41) is 0. The van der Waals surface area contributed by atoms with E-state index in [4.69, 9.17) is 0 Å². The molecule has 2 aromatic heterocycles. The molecule has 2 aromatic rings. The summed E-state index contributed by atoms with van der Waals surface area (Å²) < 4.78 is 43.9. The highest BCUT2D eigenvalue weighted by atomic mass is 19.4. The van der Waals surface area contributed by atoms with Gasteiger partial charge in [-0.3, -0.25) is 13.9 Å². The lowest BCUT2D eigenvalue weighted by Crippen LogP contribution is -2.52. The van der Waals surface area contributed by atoms with Crippen LogP contribution in [-0.4, -0.2) is 46.3 Å². The van der Waals surface area contributed by atoms with Crippen LogP contribution in [0, 0.1) is 23.7 Å². The maximum atomic E-state index is 13.7. The van der Waals surface area contributed by atoms with Gasteiger partial charge in [0.05, 0.1) is 23.9 Å². The van der Waals surface area contributed by atoms with Gasteiger partial charge in [-0.1, -0.05) is 19.3 Å². The monoisotopic (exact) mass is 508 g/mol. The quantitative estimate of drug-likeness (QED) is 0.421. The molecule has 0 amide bonds. The van der Waals surface area contributed by atoms with Crippen LogP contribution in [0.4, 0.5) is 13.2 Å². The van der Waals surface area contributed by atoms with Gasteiger partial charge in [0, 0.05) is 31.0 Å². The van der Waals surface area contributed by atoms with Gasteiger partial charge in [0.25, 0.3) is 0 Å². The molecular formula is C24H35F3N8O.